The minimum absolute atomic E-state index is 0.0389. The Kier molecular flexibility index (Phi) is 12.1. The summed E-state index contributed by atoms with van der Waals surface area (Å²) in [5.74, 6) is -1.92. The van der Waals surface area contributed by atoms with Gasteiger partial charge < -0.3 is 10.2 Å². The molecule has 4 rings (SSSR count). The molecule has 0 aromatic heterocycles. The highest BCUT2D eigenvalue weighted by molar-refractivity contribution is 7.92. The molecule has 4 aromatic rings. The first kappa shape index (κ1) is 35.2. The van der Waals surface area contributed by atoms with Gasteiger partial charge in [-0.1, -0.05) is 96.3 Å². The number of nitrogens with zero attached hydrogens (tertiary/aromatic N) is 2. The van der Waals surface area contributed by atoms with Crippen molar-refractivity contribution in [1.29, 1.82) is 0 Å². The molecule has 0 fully saturated rings. The van der Waals surface area contributed by atoms with E-state index in [-0.39, 0.29) is 44.7 Å². The second-order valence-electron chi connectivity index (χ2n) is 10.7. The number of hydrogen-bond donors (Lipinski definition) is 1. The summed E-state index contributed by atoms with van der Waals surface area (Å²) in [6.45, 7) is 2.82. The van der Waals surface area contributed by atoms with Gasteiger partial charge in [-0.15, -0.1) is 0 Å². The van der Waals surface area contributed by atoms with Crippen molar-refractivity contribution in [2.24, 2.45) is 0 Å². The molecule has 242 valence electrons. The number of carbonyl (C=O) groups is 2. The first-order chi connectivity index (χ1) is 21.9. The molecule has 0 unspecified atom stereocenters. The first-order valence-electron chi connectivity index (χ1n) is 14.5. The zero-order valence-electron chi connectivity index (χ0n) is 25.2. The van der Waals surface area contributed by atoms with Gasteiger partial charge in [0.15, 0.2) is 0 Å². The molecule has 0 saturated carbocycles. The molecule has 0 spiro atoms. The summed E-state index contributed by atoms with van der Waals surface area (Å²) in [6.07, 6.45) is 0.757. The molecule has 46 heavy (non-hydrogen) atoms. The van der Waals surface area contributed by atoms with Crippen molar-refractivity contribution in [3.8, 4) is 0 Å². The zero-order valence-corrected chi connectivity index (χ0v) is 28.3. The van der Waals surface area contributed by atoms with Gasteiger partial charge >= 0.3 is 0 Å². The van der Waals surface area contributed by atoms with E-state index in [1.807, 2.05) is 44.2 Å². The fourth-order valence-electron chi connectivity index (χ4n) is 4.74. The van der Waals surface area contributed by atoms with E-state index < -0.39 is 40.2 Å². The quantitative estimate of drug-likeness (QED) is 0.156. The maximum atomic E-state index is 14.5. The van der Waals surface area contributed by atoms with Crippen molar-refractivity contribution >= 4 is 62.3 Å². The lowest BCUT2D eigenvalue weighted by Gasteiger charge is -2.34. The van der Waals surface area contributed by atoms with Crippen molar-refractivity contribution in [3.63, 3.8) is 0 Å². The van der Waals surface area contributed by atoms with Crippen LogP contribution in [-0.2, 0) is 32.6 Å². The van der Waals surface area contributed by atoms with Crippen molar-refractivity contribution in [1.82, 2.24) is 10.2 Å². The van der Waals surface area contributed by atoms with Gasteiger partial charge in [-0.3, -0.25) is 13.9 Å². The maximum Gasteiger partial charge on any atom is 0.264 e. The number of carbonyl (C=O) groups excluding carboxylic acids is 2. The molecule has 0 saturated heterocycles. The highest BCUT2D eigenvalue weighted by Gasteiger charge is 2.35. The molecule has 12 heteroatoms. The van der Waals surface area contributed by atoms with E-state index in [2.05, 4.69) is 5.32 Å². The van der Waals surface area contributed by atoms with E-state index in [1.165, 1.54) is 23.1 Å². The average Bonchev–Trinajstić information content (AvgIpc) is 3.04. The lowest BCUT2D eigenvalue weighted by Crippen LogP contribution is -2.54. The molecule has 0 aliphatic heterocycles. The maximum absolute atomic E-state index is 14.5. The number of anilines is 1. The number of benzene rings is 4. The number of amides is 2. The SMILES string of the molecule is CC[C@H](C)NC(=O)[C@@H](Cc1ccccc1)N(Cc1c(Cl)cccc1Cl)C(=O)CN(c1ccc(F)c(Cl)c1)S(=O)(=O)c1ccccc1. The molecule has 2 amide bonds. The van der Waals surface area contributed by atoms with Gasteiger partial charge in [-0.25, -0.2) is 12.8 Å². The summed E-state index contributed by atoms with van der Waals surface area (Å²) in [5, 5.41) is 3.18. The van der Waals surface area contributed by atoms with Gasteiger partial charge in [0.05, 0.1) is 15.6 Å². The Bertz CT molecular complexity index is 1760. The van der Waals surface area contributed by atoms with Gasteiger partial charge in [0.25, 0.3) is 10.0 Å². The van der Waals surface area contributed by atoms with Crippen molar-refractivity contribution in [2.75, 3.05) is 10.8 Å². The van der Waals surface area contributed by atoms with Gasteiger partial charge in [0.1, 0.15) is 18.4 Å². The molecular formula is C34H33Cl3FN3O4S. The Hall–Kier alpha value is -3.63. The molecular weight excluding hydrogens is 672 g/mol. The Labute approximate surface area is 283 Å². The molecule has 2 atom stereocenters. The van der Waals surface area contributed by atoms with Crippen molar-refractivity contribution < 1.29 is 22.4 Å². The Balaban J connectivity index is 1.85. The predicted molar refractivity (Wildman–Crippen MR) is 181 cm³/mol. The number of halogens is 4. The summed E-state index contributed by atoms with van der Waals surface area (Å²) in [6, 6.07) is 23.6. The second kappa shape index (κ2) is 15.8. The van der Waals surface area contributed by atoms with E-state index in [9.17, 15) is 22.4 Å². The third-order valence-electron chi connectivity index (χ3n) is 7.46. The largest absolute Gasteiger partial charge is 0.352 e. The van der Waals surface area contributed by atoms with E-state index in [4.69, 9.17) is 34.8 Å². The van der Waals surface area contributed by atoms with E-state index in [1.54, 1.807) is 36.4 Å². The summed E-state index contributed by atoms with van der Waals surface area (Å²) in [4.78, 5) is 29.6. The average molecular weight is 705 g/mol. The third kappa shape index (κ3) is 8.59. The summed E-state index contributed by atoms with van der Waals surface area (Å²) < 4.78 is 43.1. The van der Waals surface area contributed by atoms with Gasteiger partial charge in [-0.05, 0) is 61.4 Å². The summed E-state index contributed by atoms with van der Waals surface area (Å²) >= 11 is 19.1. The number of nitrogens with one attached hydrogen (secondary N) is 1. The fourth-order valence-corrected chi connectivity index (χ4v) is 6.86. The number of rotatable bonds is 13. The molecule has 0 aliphatic carbocycles. The van der Waals surface area contributed by atoms with Crippen LogP contribution in [0.4, 0.5) is 10.1 Å². The van der Waals surface area contributed by atoms with Crippen LogP contribution < -0.4 is 9.62 Å². The lowest BCUT2D eigenvalue weighted by atomic mass is 10.0. The zero-order chi connectivity index (χ0) is 33.4. The molecule has 4 aromatic carbocycles. The van der Waals surface area contributed by atoms with Crippen LogP contribution in [-0.4, -0.2) is 43.8 Å². The molecule has 0 aliphatic rings. The number of sulfonamides is 1. The minimum atomic E-state index is -4.38. The molecule has 0 radical (unpaired) electrons. The van der Waals surface area contributed by atoms with Crippen LogP contribution in [0.25, 0.3) is 0 Å². The van der Waals surface area contributed by atoms with Crippen molar-refractivity contribution in [2.45, 2.75) is 50.2 Å². The molecule has 0 heterocycles. The smallest absolute Gasteiger partial charge is 0.264 e. The van der Waals surface area contributed by atoms with Crippen LogP contribution in [0.15, 0.2) is 102 Å². The molecule has 1 N–H and O–H groups in total. The summed E-state index contributed by atoms with van der Waals surface area (Å²) in [7, 11) is -4.38. The minimum Gasteiger partial charge on any atom is -0.352 e. The van der Waals surface area contributed by atoms with Crippen LogP contribution in [0.1, 0.15) is 31.4 Å². The molecule has 0 bridgehead atoms. The highest BCUT2D eigenvalue weighted by Crippen LogP contribution is 2.30. The normalized spacial score (nSPS) is 12.7. The first-order valence-corrected chi connectivity index (χ1v) is 17.1. The van der Waals surface area contributed by atoms with Gasteiger partial charge in [0, 0.05) is 34.6 Å². The van der Waals surface area contributed by atoms with Crippen LogP contribution in [0, 0.1) is 5.82 Å². The molecule has 7 nitrogen and oxygen atoms in total. The fraction of sp³-hybridized carbons (Fsp3) is 0.235. The van der Waals surface area contributed by atoms with E-state index in [0.29, 0.717) is 12.0 Å². The van der Waals surface area contributed by atoms with Crippen LogP contribution >= 0.6 is 34.8 Å². The summed E-state index contributed by atoms with van der Waals surface area (Å²) in [5.41, 5.74) is 1.12. The van der Waals surface area contributed by atoms with E-state index in [0.717, 1.165) is 22.0 Å². The monoisotopic (exact) mass is 703 g/mol. The van der Waals surface area contributed by atoms with Crippen LogP contribution in [0.3, 0.4) is 0 Å². The standard InChI is InChI=1S/C34H33Cl3FN3O4S/c1-3-23(2)39-34(43)32(19-24-11-6-4-7-12-24)40(21-27-28(35)15-10-16-29(27)36)33(42)22-41(25-17-18-31(38)30(37)20-25)46(44,45)26-13-8-5-9-14-26/h4-18,20,23,32H,3,19,21-22H2,1-2H3,(H,39,43)/t23-,32+/m0/s1. The topological polar surface area (TPSA) is 86.8 Å². The highest BCUT2D eigenvalue weighted by atomic mass is 35.5. The van der Waals surface area contributed by atoms with Crippen molar-refractivity contribution in [3.05, 3.63) is 129 Å². The Morgan fingerprint density at radius 3 is 2.04 bits per heavy atom. The number of hydrogen-bond acceptors (Lipinski definition) is 4. The van der Waals surface area contributed by atoms with Crippen LogP contribution in [0.2, 0.25) is 15.1 Å². The Morgan fingerprint density at radius 2 is 1.46 bits per heavy atom. The predicted octanol–water partition coefficient (Wildman–Crippen LogP) is 7.54. The van der Waals surface area contributed by atoms with E-state index >= 15 is 0 Å². The van der Waals surface area contributed by atoms with Crippen LogP contribution in [0.5, 0.6) is 0 Å². The third-order valence-corrected chi connectivity index (χ3v) is 10.2. The second-order valence-corrected chi connectivity index (χ2v) is 13.8. The Morgan fingerprint density at radius 1 is 0.848 bits per heavy atom. The van der Waals surface area contributed by atoms with Gasteiger partial charge in [-0.2, -0.15) is 0 Å². The van der Waals surface area contributed by atoms with Gasteiger partial charge in [0.2, 0.25) is 11.8 Å². The lowest BCUT2D eigenvalue weighted by molar-refractivity contribution is -0.140.